The number of nitrogens with one attached hydrogen (secondary N) is 1. The fourth-order valence-corrected chi connectivity index (χ4v) is 3.04. The van der Waals surface area contributed by atoms with Gasteiger partial charge in [-0.2, -0.15) is 5.26 Å². The molecule has 3 nitrogen and oxygen atoms in total. The van der Waals surface area contributed by atoms with Gasteiger partial charge in [0.1, 0.15) is 0 Å². The van der Waals surface area contributed by atoms with E-state index in [1.54, 1.807) is 0 Å². The van der Waals surface area contributed by atoms with Gasteiger partial charge in [-0.1, -0.05) is 12.1 Å². The summed E-state index contributed by atoms with van der Waals surface area (Å²) in [6, 6.07) is 10.8. The zero-order valence-corrected chi connectivity index (χ0v) is 13.9. The summed E-state index contributed by atoms with van der Waals surface area (Å²) in [6.45, 7) is 12.4. The van der Waals surface area contributed by atoms with Crippen LogP contribution >= 0.6 is 0 Å². The highest BCUT2D eigenvalue weighted by molar-refractivity contribution is 5.48. The molecule has 1 saturated heterocycles. The molecule has 114 valence electrons. The second-order valence-electron chi connectivity index (χ2n) is 7.68. The predicted octanol–water partition coefficient (Wildman–Crippen LogP) is 4.25. The van der Waals surface area contributed by atoms with Crippen LogP contribution in [-0.4, -0.2) is 17.2 Å². The Bertz CT molecular complexity index is 550. The van der Waals surface area contributed by atoms with E-state index in [0.717, 1.165) is 17.7 Å². The van der Waals surface area contributed by atoms with Gasteiger partial charge in [0.25, 0.3) is 0 Å². The van der Waals surface area contributed by atoms with Crippen LogP contribution in [0.1, 0.15) is 53.5 Å². The molecule has 0 bridgehead atoms. The Balaban J connectivity index is 2.13. The summed E-state index contributed by atoms with van der Waals surface area (Å²) in [5.74, 6) is 0. The first-order valence-electron chi connectivity index (χ1n) is 7.54. The fourth-order valence-electron chi connectivity index (χ4n) is 3.04. The van der Waals surface area contributed by atoms with Crippen LogP contribution in [0.5, 0.6) is 0 Å². The van der Waals surface area contributed by atoms with Gasteiger partial charge in [0.2, 0.25) is 0 Å². The van der Waals surface area contributed by atoms with Crippen LogP contribution in [0.2, 0.25) is 0 Å². The molecule has 0 amide bonds. The molecule has 0 spiro atoms. The average molecular weight is 286 g/mol. The lowest BCUT2D eigenvalue weighted by Gasteiger charge is -2.28. The lowest BCUT2D eigenvalue weighted by atomic mass is 9.86. The third kappa shape index (κ3) is 3.39. The van der Waals surface area contributed by atoms with Gasteiger partial charge in [0.15, 0.2) is 0 Å². The number of hydrogen-bond acceptors (Lipinski definition) is 3. The second-order valence-corrected chi connectivity index (χ2v) is 7.68. The molecule has 1 heterocycles. The SMILES string of the molecule is CC1(C)CC(Nc2ccc(C(C)(C)C#N)cc2)C(C)(C)O1. The van der Waals surface area contributed by atoms with Crippen molar-refractivity contribution in [3.63, 3.8) is 0 Å². The van der Waals surface area contributed by atoms with Crippen molar-refractivity contribution in [2.45, 2.75) is 70.6 Å². The highest BCUT2D eigenvalue weighted by Gasteiger charge is 2.45. The number of anilines is 1. The summed E-state index contributed by atoms with van der Waals surface area (Å²) < 4.78 is 6.11. The first kappa shape index (κ1) is 15.9. The molecule has 1 aromatic carbocycles. The van der Waals surface area contributed by atoms with E-state index in [4.69, 9.17) is 4.74 Å². The van der Waals surface area contributed by atoms with E-state index in [1.807, 2.05) is 26.0 Å². The zero-order valence-electron chi connectivity index (χ0n) is 13.9. The quantitative estimate of drug-likeness (QED) is 0.903. The highest BCUT2D eigenvalue weighted by atomic mass is 16.5. The molecular weight excluding hydrogens is 260 g/mol. The van der Waals surface area contributed by atoms with Gasteiger partial charge in [-0.3, -0.25) is 0 Å². The van der Waals surface area contributed by atoms with Crippen LogP contribution in [0, 0.1) is 11.3 Å². The van der Waals surface area contributed by atoms with Crippen molar-refractivity contribution < 1.29 is 4.74 Å². The molecule has 1 aliphatic heterocycles. The third-order valence-corrected chi connectivity index (χ3v) is 4.30. The molecule has 1 atom stereocenters. The molecule has 3 heteroatoms. The van der Waals surface area contributed by atoms with E-state index in [-0.39, 0.29) is 17.2 Å². The molecule has 0 radical (unpaired) electrons. The summed E-state index contributed by atoms with van der Waals surface area (Å²) in [7, 11) is 0. The van der Waals surface area contributed by atoms with Crippen LogP contribution in [0.4, 0.5) is 5.69 Å². The number of nitrogens with zero attached hydrogens (tertiary/aromatic N) is 1. The summed E-state index contributed by atoms with van der Waals surface area (Å²) >= 11 is 0. The first-order chi connectivity index (χ1) is 9.56. The summed E-state index contributed by atoms with van der Waals surface area (Å²) in [5, 5.41) is 12.8. The van der Waals surface area contributed by atoms with Gasteiger partial charge in [-0.05, 0) is 65.7 Å². The van der Waals surface area contributed by atoms with Gasteiger partial charge in [-0.15, -0.1) is 0 Å². The van der Waals surface area contributed by atoms with E-state index in [1.165, 1.54) is 0 Å². The summed E-state index contributed by atoms with van der Waals surface area (Å²) in [5.41, 5.74) is 1.39. The van der Waals surface area contributed by atoms with Gasteiger partial charge in [0.05, 0.1) is 28.7 Å². The van der Waals surface area contributed by atoms with Crippen LogP contribution in [0.15, 0.2) is 24.3 Å². The molecular formula is C18H26N2O. The molecule has 1 aliphatic rings. The maximum Gasteiger partial charge on any atom is 0.0834 e. The highest BCUT2D eigenvalue weighted by Crippen LogP contribution is 2.39. The van der Waals surface area contributed by atoms with Crippen molar-refractivity contribution in [1.82, 2.24) is 0 Å². The average Bonchev–Trinajstić information content (AvgIpc) is 2.57. The standard InChI is InChI=1S/C18H26N2O/c1-16(2,12-19)13-7-9-14(10-8-13)20-15-11-17(3,4)21-18(15,5)6/h7-10,15,20H,11H2,1-6H3. The minimum Gasteiger partial charge on any atom is -0.379 e. The van der Waals surface area contributed by atoms with Crippen LogP contribution in [0.25, 0.3) is 0 Å². The predicted molar refractivity (Wildman–Crippen MR) is 86.4 cm³/mol. The Hall–Kier alpha value is -1.53. The van der Waals surface area contributed by atoms with Gasteiger partial charge >= 0.3 is 0 Å². The Morgan fingerprint density at radius 2 is 1.76 bits per heavy atom. The Morgan fingerprint density at radius 1 is 1.19 bits per heavy atom. The van der Waals surface area contributed by atoms with E-state index >= 15 is 0 Å². The lowest BCUT2D eigenvalue weighted by Crippen LogP contribution is -2.38. The number of nitriles is 1. The van der Waals surface area contributed by atoms with E-state index < -0.39 is 5.41 Å². The maximum absolute atomic E-state index is 9.19. The minimum atomic E-state index is -0.448. The van der Waals surface area contributed by atoms with Crippen molar-refractivity contribution in [3.05, 3.63) is 29.8 Å². The van der Waals surface area contributed by atoms with Crippen molar-refractivity contribution >= 4 is 5.69 Å². The molecule has 1 aromatic rings. The Kier molecular flexibility index (Phi) is 3.80. The largest absolute Gasteiger partial charge is 0.379 e. The van der Waals surface area contributed by atoms with Crippen LogP contribution < -0.4 is 5.32 Å². The van der Waals surface area contributed by atoms with E-state index in [2.05, 4.69) is 51.2 Å². The third-order valence-electron chi connectivity index (χ3n) is 4.30. The molecule has 2 rings (SSSR count). The molecule has 1 fully saturated rings. The summed E-state index contributed by atoms with van der Waals surface area (Å²) in [4.78, 5) is 0. The van der Waals surface area contributed by atoms with Gasteiger partial charge in [0, 0.05) is 5.69 Å². The zero-order chi connectivity index (χ0) is 15.9. The van der Waals surface area contributed by atoms with E-state index in [0.29, 0.717) is 0 Å². The molecule has 21 heavy (non-hydrogen) atoms. The fraction of sp³-hybridized carbons (Fsp3) is 0.611. The molecule has 1 N–H and O–H groups in total. The molecule has 0 aromatic heterocycles. The van der Waals surface area contributed by atoms with Crippen molar-refractivity contribution in [3.8, 4) is 6.07 Å². The van der Waals surface area contributed by atoms with E-state index in [9.17, 15) is 5.26 Å². The van der Waals surface area contributed by atoms with Gasteiger partial charge < -0.3 is 10.1 Å². The second kappa shape index (κ2) is 5.03. The summed E-state index contributed by atoms with van der Waals surface area (Å²) in [6.07, 6.45) is 0.978. The smallest absolute Gasteiger partial charge is 0.0834 e. The van der Waals surface area contributed by atoms with Crippen molar-refractivity contribution in [2.75, 3.05) is 5.32 Å². The molecule has 0 saturated carbocycles. The molecule has 1 unspecified atom stereocenters. The number of hydrogen-bond donors (Lipinski definition) is 1. The maximum atomic E-state index is 9.19. The normalized spacial score (nSPS) is 23.6. The molecule has 0 aliphatic carbocycles. The van der Waals surface area contributed by atoms with Crippen LogP contribution in [-0.2, 0) is 10.2 Å². The number of rotatable bonds is 3. The lowest BCUT2D eigenvalue weighted by molar-refractivity contribution is -0.0662. The first-order valence-corrected chi connectivity index (χ1v) is 7.54. The number of benzene rings is 1. The van der Waals surface area contributed by atoms with Crippen LogP contribution in [0.3, 0.4) is 0 Å². The van der Waals surface area contributed by atoms with Crippen molar-refractivity contribution in [2.24, 2.45) is 0 Å². The monoisotopic (exact) mass is 286 g/mol. The van der Waals surface area contributed by atoms with Gasteiger partial charge in [-0.25, -0.2) is 0 Å². The number of ether oxygens (including phenoxy) is 1. The topological polar surface area (TPSA) is 45.0 Å². The Morgan fingerprint density at radius 3 is 2.19 bits per heavy atom. The Labute approximate surface area is 128 Å². The van der Waals surface area contributed by atoms with Crippen molar-refractivity contribution in [1.29, 1.82) is 5.26 Å². The minimum absolute atomic E-state index is 0.0933.